The average Bonchev–Trinajstić information content (AvgIpc) is 1.99. The Bertz CT molecular complexity index is 356. The number of halogens is 2. The molecule has 13 heavy (non-hydrogen) atoms. The van der Waals surface area contributed by atoms with Gasteiger partial charge in [-0.2, -0.15) is 0 Å². The molecule has 0 heterocycles. The highest BCUT2D eigenvalue weighted by Crippen LogP contribution is 2.22. The largest absolute Gasteiger partial charge is 0.502 e. The number of hydrogen-bond acceptors (Lipinski definition) is 2. The number of hydrogen-bond donors (Lipinski definition) is 2. The zero-order valence-corrected chi connectivity index (χ0v) is 8.12. The van der Waals surface area contributed by atoms with E-state index in [1.165, 1.54) is 6.07 Å². The molecule has 0 spiro atoms. The molecule has 2 nitrogen and oxygen atoms in total. The zero-order chi connectivity index (χ0) is 10.0. The van der Waals surface area contributed by atoms with Crippen LogP contribution in [0, 0.1) is 5.82 Å². The maximum Gasteiger partial charge on any atom is 0.161 e. The second kappa shape index (κ2) is 3.89. The van der Waals surface area contributed by atoms with Crippen LogP contribution in [0.2, 0.25) is 5.02 Å². The minimum absolute atomic E-state index is 0.00403. The number of anilines is 1. The molecule has 70 valence electrons. The summed E-state index contributed by atoms with van der Waals surface area (Å²) in [5.41, 5.74) is 5.82. The Morgan fingerprint density at radius 3 is 2.77 bits per heavy atom. The predicted molar refractivity (Wildman–Crippen MR) is 54.8 cm³/mol. The van der Waals surface area contributed by atoms with Crippen LogP contribution in [-0.2, 0) is 6.42 Å². The average molecular weight is 220 g/mol. The third-order valence-electron chi connectivity index (χ3n) is 1.51. The Balaban J connectivity index is 3.08. The SMILES string of the molecule is Nc1cc(CC(O)=S)c(Cl)cc1F. The first kappa shape index (κ1) is 10.2. The lowest BCUT2D eigenvalue weighted by atomic mass is 10.1. The van der Waals surface area contributed by atoms with Crippen LogP contribution in [-0.4, -0.2) is 10.2 Å². The van der Waals surface area contributed by atoms with E-state index in [-0.39, 0.29) is 22.2 Å². The highest BCUT2D eigenvalue weighted by molar-refractivity contribution is 7.80. The van der Waals surface area contributed by atoms with E-state index < -0.39 is 5.82 Å². The second-order valence-corrected chi connectivity index (χ2v) is 3.41. The summed E-state index contributed by atoms with van der Waals surface area (Å²) in [6.07, 6.45) is 0.110. The first-order valence-electron chi connectivity index (χ1n) is 3.46. The number of aliphatic hydroxyl groups is 1. The molecule has 0 unspecified atom stereocenters. The molecule has 0 radical (unpaired) electrons. The van der Waals surface area contributed by atoms with Crippen LogP contribution in [0.15, 0.2) is 12.1 Å². The summed E-state index contributed by atoms with van der Waals surface area (Å²) < 4.78 is 12.8. The number of benzene rings is 1. The van der Waals surface area contributed by atoms with Crippen LogP contribution in [0.25, 0.3) is 0 Å². The Kier molecular flexibility index (Phi) is 3.06. The van der Waals surface area contributed by atoms with Gasteiger partial charge in [0.1, 0.15) is 5.82 Å². The topological polar surface area (TPSA) is 46.2 Å². The van der Waals surface area contributed by atoms with Gasteiger partial charge in [-0.15, -0.1) is 0 Å². The van der Waals surface area contributed by atoms with Gasteiger partial charge in [-0.1, -0.05) is 11.6 Å². The van der Waals surface area contributed by atoms with Crippen molar-refractivity contribution < 1.29 is 9.50 Å². The lowest BCUT2D eigenvalue weighted by molar-refractivity contribution is 0.555. The molecule has 0 aliphatic carbocycles. The lowest BCUT2D eigenvalue weighted by Gasteiger charge is -2.04. The molecule has 1 aromatic carbocycles. The van der Waals surface area contributed by atoms with E-state index >= 15 is 0 Å². The van der Waals surface area contributed by atoms with Gasteiger partial charge in [0, 0.05) is 11.4 Å². The van der Waals surface area contributed by atoms with E-state index in [9.17, 15) is 4.39 Å². The molecule has 0 amide bonds. The summed E-state index contributed by atoms with van der Waals surface area (Å²) in [4.78, 5) is 0. The van der Waals surface area contributed by atoms with Gasteiger partial charge in [-0.25, -0.2) is 4.39 Å². The summed E-state index contributed by atoms with van der Waals surface area (Å²) in [7, 11) is 0. The number of nitrogens with two attached hydrogens (primary N) is 1. The van der Waals surface area contributed by atoms with Crippen molar-refractivity contribution in [2.45, 2.75) is 6.42 Å². The quantitative estimate of drug-likeness (QED) is 0.594. The Morgan fingerprint density at radius 2 is 2.23 bits per heavy atom. The number of nitrogen functional groups attached to an aromatic ring is 1. The molecule has 0 saturated carbocycles. The maximum atomic E-state index is 12.8. The molecule has 1 rings (SSSR count). The standard InChI is InChI=1S/C8H7ClFNOS/c9-5-3-6(10)7(11)1-4(5)2-8(12)13/h1,3H,2,11H2,(H,12,13). The van der Waals surface area contributed by atoms with Crippen molar-refractivity contribution in [3.8, 4) is 0 Å². The Hall–Kier alpha value is -0.870. The zero-order valence-electron chi connectivity index (χ0n) is 6.55. The Labute approximate surface area is 85.1 Å². The van der Waals surface area contributed by atoms with Crippen molar-refractivity contribution >= 4 is 34.6 Å². The first-order chi connectivity index (χ1) is 6.00. The molecule has 1 aromatic rings. The van der Waals surface area contributed by atoms with E-state index in [1.807, 2.05) is 0 Å². The summed E-state index contributed by atoms with van der Waals surface area (Å²) in [5.74, 6) is -0.572. The molecule has 0 aliphatic heterocycles. The van der Waals surface area contributed by atoms with Crippen LogP contribution >= 0.6 is 23.8 Å². The van der Waals surface area contributed by atoms with Crippen LogP contribution in [0.1, 0.15) is 5.56 Å². The minimum atomic E-state index is -0.572. The van der Waals surface area contributed by atoms with E-state index in [4.69, 9.17) is 22.4 Å². The van der Waals surface area contributed by atoms with Crippen LogP contribution in [0.4, 0.5) is 10.1 Å². The molecule has 0 aromatic heterocycles. The van der Waals surface area contributed by atoms with E-state index in [0.29, 0.717) is 5.56 Å². The van der Waals surface area contributed by atoms with E-state index in [1.54, 1.807) is 0 Å². The third-order valence-corrected chi connectivity index (χ3v) is 2.00. The highest BCUT2D eigenvalue weighted by atomic mass is 35.5. The predicted octanol–water partition coefficient (Wildman–Crippen LogP) is 2.49. The van der Waals surface area contributed by atoms with Crippen LogP contribution < -0.4 is 5.73 Å². The van der Waals surface area contributed by atoms with Gasteiger partial charge >= 0.3 is 0 Å². The molecule has 0 fully saturated rings. The van der Waals surface area contributed by atoms with Gasteiger partial charge in [-0.05, 0) is 29.9 Å². The Morgan fingerprint density at radius 1 is 1.62 bits per heavy atom. The summed E-state index contributed by atoms with van der Waals surface area (Å²) in [6.45, 7) is 0. The smallest absolute Gasteiger partial charge is 0.161 e. The van der Waals surface area contributed by atoms with Gasteiger partial charge in [0.15, 0.2) is 5.05 Å². The fourth-order valence-corrected chi connectivity index (χ4v) is 1.28. The summed E-state index contributed by atoms with van der Waals surface area (Å²) in [6, 6.07) is 2.46. The normalized spacial score (nSPS) is 10.0. The fourth-order valence-electron chi connectivity index (χ4n) is 0.911. The van der Waals surface area contributed by atoms with Gasteiger partial charge in [0.05, 0.1) is 5.69 Å². The van der Waals surface area contributed by atoms with Crippen molar-refractivity contribution in [3.05, 3.63) is 28.5 Å². The molecule has 0 bridgehead atoms. The highest BCUT2D eigenvalue weighted by Gasteiger charge is 2.07. The number of thiocarbonyl (C=S) groups is 1. The van der Waals surface area contributed by atoms with Crippen molar-refractivity contribution in [3.63, 3.8) is 0 Å². The molecule has 3 N–H and O–H groups in total. The number of rotatable bonds is 2. The maximum absolute atomic E-state index is 12.8. The van der Waals surface area contributed by atoms with Crippen LogP contribution in [0.3, 0.4) is 0 Å². The molecule has 0 aliphatic rings. The molecule has 0 saturated heterocycles. The van der Waals surface area contributed by atoms with Crippen molar-refractivity contribution in [2.75, 3.05) is 5.73 Å². The molecule has 5 heteroatoms. The van der Waals surface area contributed by atoms with Crippen molar-refractivity contribution in [1.29, 1.82) is 0 Å². The van der Waals surface area contributed by atoms with Crippen molar-refractivity contribution in [1.82, 2.24) is 0 Å². The minimum Gasteiger partial charge on any atom is -0.502 e. The third kappa shape index (κ3) is 2.54. The lowest BCUT2D eigenvalue weighted by Crippen LogP contribution is -2.00. The fraction of sp³-hybridized carbons (Fsp3) is 0.125. The summed E-state index contributed by atoms with van der Waals surface area (Å²) in [5, 5.41) is 8.84. The van der Waals surface area contributed by atoms with Gasteiger partial charge in [0.25, 0.3) is 0 Å². The van der Waals surface area contributed by atoms with E-state index in [0.717, 1.165) is 6.07 Å². The van der Waals surface area contributed by atoms with Crippen molar-refractivity contribution in [2.24, 2.45) is 0 Å². The van der Waals surface area contributed by atoms with Crippen LogP contribution in [0.5, 0.6) is 0 Å². The molecular weight excluding hydrogens is 213 g/mol. The number of aliphatic hydroxyl groups excluding tert-OH is 1. The van der Waals surface area contributed by atoms with Gasteiger partial charge < -0.3 is 10.8 Å². The van der Waals surface area contributed by atoms with E-state index in [2.05, 4.69) is 12.2 Å². The summed E-state index contributed by atoms with van der Waals surface area (Å²) >= 11 is 10.2. The van der Waals surface area contributed by atoms with Gasteiger partial charge in [-0.3, -0.25) is 0 Å². The molecular formula is C8H7ClFNOS. The van der Waals surface area contributed by atoms with Gasteiger partial charge in [0.2, 0.25) is 0 Å². The molecule has 0 atom stereocenters. The monoisotopic (exact) mass is 219 g/mol. The second-order valence-electron chi connectivity index (χ2n) is 2.54. The first-order valence-corrected chi connectivity index (χ1v) is 4.24.